The van der Waals surface area contributed by atoms with Gasteiger partial charge in [-0.3, -0.25) is 9.59 Å². The van der Waals surface area contributed by atoms with E-state index in [9.17, 15) is 9.59 Å². The van der Waals surface area contributed by atoms with E-state index in [4.69, 9.17) is 0 Å². The summed E-state index contributed by atoms with van der Waals surface area (Å²) in [4.78, 5) is 30.4. The molecular formula is C28H31N3O2. The van der Waals surface area contributed by atoms with Gasteiger partial charge in [0.2, 0.25) is 5.91 Å². The predicted molar refractivity (Wildman–Crippen MR) is 132 cm³/mol. The van der Waals surface area contributed by atoms with Gasteiger partial charge in [-0.15, -0.1) is 0 Å². The van der Waals surface area contributed by atoms with Crippen LogP contribution in [0.5, 0.6) is 0 Å². The summed E-state index contributed by atoms with van der Waals surface area (Å²) in [6.07, 6.45) is 0.236. The molecule has 2 atom stereocenters. The Balaban J connectivity index is 1.44. The first kappa shape index (κ1) is 22.6. The Kier molecular flexibility index (Phi) is 7.08. The van der Waals surface area contributed by atoms with Gasteiger partial charge >= 0.3 is 0 Å². The van der Waals surface area contributed by atoms with Crippen LogP contribution in [0.2, 0.25) is 0 Å². The van der Waals surface area contributed by atoms with Gasteiger partial charge in [0.25, 0.3) is 5.91 Å². The van der Waals surface area contributed by atoms with E-state index in [1.54, 1.807) is 12.1 Å². The zero-order valence-electron chi connectivity index (χ0n) is 19.3. The van der Waals surface area contributed by atoms with Crippen LogP contribution in [0.15, 0.2) is 84.9 Å². The molecule has 0 spiro atoms. The molecule has 0 saturated carbocycles. The Morgan fingerprint density at radius 3 is 2.30 bits per heavy atom. The topological polar surface area (TPSA) is 52.6 Å². The van der Waals surface area contributed by atoms with Crippen molar-refractivity contribution < 1.29 is 9.59 Å². The molecule has 1 N–H and O–H groups in total. The Morgan fingerprint density at radius 2 is 1.64 bits per heavy atom. The number of anilines is 1. The first-order valence-electron chi connectivity index (χ1n) is 11.5. The second kappa shape index (κ2) is 10.3. The number of carbonyl (C=O) groups excluding carboxylic acids is 2. The molecular weight excluding hydrogens is 410 g/mol. The smallest absolute Gasteiger partial charge is 0.251 e. The van der Waals surface area contributed by atoms with Gasteiger partial charge in [0, 0.05) is 36.9 Å². The van der Waals surface area contributed by atoms with Gasteiger partial charge in [-0.05, 0) is 49.2 Å². The highest BCUT2D eigenvalue weighted by Crippen LogP contribution is 2.24. The summed E-state index contributed by atoms with van der Waals surface area (Å²) < 4.78 is 0. The molecule has 0 unspecified atom stereocenters. The Bertz CT molecular complexity index is 1080. The second-order valence-electron chi connectivity index (χ2n) is 8.73. The quantitative estimate of drug-likeness (QED) is 0.609. The third-order valence-corrected chi connectivity index (χ3v) is 6.24. The van der Waals surface area contributed by atoms with Crippen molar-refractivity contribution in [2.45, 2.75) is 32.4 Å². The molecule has 0 radical (unpaired) electrons. The number of nitrogens with zero attached hydrogens (tertiary/aromatic N) is 2. The monoisotopic (exact) mass is 441 g/mol. The average molecular weight is 442 g/mol. The minimum atomic E-state index is -0.378. The first-order chi connectivity index (χ1) is 16.0. The fourth-order valence-electron chi connectivity index (χ4n) is 4.45. The standard InChI is InChI=1S/C28H31N3O2/c1-21-10-9-15-25(18-21)31-17-16-30(20-22(31)2)27(32)19-26(23-11-5-3-6-12-23)29-28(33)24-13-7-4-8-14-24/h3-15,18,22,26H,16-17,19-20H2,1-2H3,(H,29,33)/t22-,26+/m0/s1. The molecule has 0 aliphatic carbocycles. The van der Waals surface area contributed by atoms with E-state index in [0.29, 0.717) is 18.7 Å². The molecule has 3 aromatic rings. The minimum absolute atomic E-state index is 0.0629. The van der Waals surface area contributed by atoms with Gasteiger partial charge < -0.3 is 15.1 Å². The molecule has 1 saturated heterocycles. The van der Waals surface area contributed by atoms with E-state index in [1.807, 2.05) is 53.4 Å². The maximum atomic E-state index is 13.3. The van der Waals surface area contributed by atoms with Gasteiger partial charge in [0.1, 0.15) is 0 Å². The summed E-state index contributed by atoms with van der Waals surface area (Å²) in [6.45, 7) is 6.39. The lowest BCUT2D eigenvalue weighted by molar-refractivity contribution is -0.132. The first-order valence-corrected chi connectivity index (χ1v) is 11.5. The van der Waals surface area contributed by atoms with Gasteiger partial charge in [0.05, 0.1) is 12.5 Å². The molecule has 5 nitrogen and oxygen atoms in total. The SMILES string of the molecule is Cc1cccc(N2CCN(C(=O)C[C@@H](NC(=O)c3ccccc3)c3ccccc3)C[C@@H]2C)c1. The largest absolute Gasteiger partial charge is 0.365 e. The van der Waals surface area contributed by atoms with Gasteiger partial charge in [0.15, 0.2) is 0 Å². The Morgan fingerprint density at radius 1 is 0.939 bits per heavy atom. The molecule has 0 aromatic heterocycles. The lowest BCUT2D eigenvalue weighted by atomic mass is 10.0. The van der Waals surface area contributed by atoms with Crippen LogP contribution in [-0.4, -0.2) is 42.4 Å². The number of aryl methyl sites for hydroxylation is 1. The fourth-order valence-corrected chi connectivity index (χ4v) is 4.45. The molecule has 2 amide bonds. The van der Waals surface area contributed by atoms with Crippen LogP contribution in [0.1, 0.15) is 40.9 Å². The van der Waals surface area contributed by atoms with Crippen molar-refractivity contribution in [3.05, 3.63) is 102 Å². The van der Waals surface area contributed by atoms with Crippen LogP contribution in [0.4, 0.5) is 5.69 Å². The van der Waals surface area contributed by atoms with Crippen LogP contribution in [-0.2, 0) is 4.79 Å². The van der Waals surface area contributed by atoms with Crippen molar-refractivity contribution in [1.29, 1.82) is 0 Å². The van der Waals surface area contributed by atoms with E-state index >= 15 is 0 Å². The van der Waals surface area contributed by atoms with Crippen molar-refractivity contribution in [1.82, 2.24) is 10.2 Å². The predicted octanol–water partition coefficient (Wildman–Crippen LogP) is 4.59. The molecule has 0 bridgehead atoms. The third kappa shape index (κ3) is 5.61. The highest BCUT2D eigenvalue weighted by molar-refractivity contribution is 5.94. The summed E-state index contributed by atoms with van der Waals surface area (Å²) in [7, 11) is 0. The lowest BCUT2D eigenvalue weighted by Crippen LogP contribution is -2.54. The number of amides is 2. The summed E-state index contributed by atoms with van der Waals surface area (Å²) in [5, 5.41) is 3.07. The number of carbonyl (C=O) groups is 2. The van der Waals surface area contributed by atoms with Crippen LogP contribution in [0.3, 0.4) is 0 Å². The molecule has 5 heteroatoms. The molecule has 1 heterocycles. The van der Waals surface area contributed by atoms with E-state index in [1.165, 1.54) is 11.3 Å². The number of nitrogens with one attached hydrogen (secondary N) is 1. The average Bonchev–Trinajstić information content (AvgIpc) is 2.84. The van der Waals surface area contributed by atoms with E-state index in [2.05, 4.69) is 48.3 Å². The van der Waals surface area contributed by atoms with Crippen molar-refractivity contribution in [2.75, 3.05) is 24.5 Å². The van der Waals surface area contributed by atoms with Crippen molar-refractivity contribution in [3.63, 3.8) is 0 Å². The third-order valence-electron chi connectivity index (χ3n) is 6.24. The zero-order chi connectivity index (χ0) is 23.2. The van der Waals surface area contributed by atoms with Crippen molar-refractivity contribution in [2.24, 2.45) is 0 Å². The van der Waals surface area contributed by atoms with Gasteiger partial charge in [-0.25, -0.2) is 0 Å². The maximum absolute atomic E-state index is 13.3. The van der Waals surface area contributed by atoms with Gasteiger partial charge in [-0.1, -0.05) is 60.7 Å². The second-order valence-corrected chi connectivity index (χ2v) is 8.73. The van der Waals surface area contributed by atoms with Crippen LogP contribution in [0.25, 0.3) is 0 Å². The normalized spacial score (nSPS) is 16.8. The van der Waals surface area contributed by atoms with Gasteiger partial charge in [-0.2, -0.15) is 0 Å². The Labute approximate surface area is 196 Å². The number of hydrogen-bond donors (Lipinski definition) is 1. The maximum Gasteiger partial charge on any atom is 0.251 e. The highest BCUT2D eigenvalue weighted by atomic mass is 16.2. The van der Waals surface area contributed by atoms with E-state index in [0.717, 1.165) is 12.1 Å². The van der Waals surface area contributed by atoms with E-state index < -0.39 is 0 Å². The highest BCUT2D eigenvalue weighted by Gasteiger charge is 2.29. The molecule has 170 valence electrons. The summed E-state index contributed by atoms with van der Waals surface area (Å²) in [5.41, 5.74) is 3.96. The molecule has 4 rings (SSSR count). The molecule has 1 aliphatic heterocycles. The number of benzene rings is 3. The molecule has 1 fully saturated rings. The van der Waals surface area contributed by atoms with E-state index in [-0.39, 0.29) is 30.3 Å². The number of hydrogen-bond acceptors (Lipinski definition) is 3. The zero-order valence-corrected chi connectivity index (χ0v) is 19.3. The molecule has 1 aliphatic rings. The summed E-state index contributed by atoms with van der Waals surface area (Å²) in [5.74, 6) is -0.108. The molecule has 33 heavy (non-hydrogen) atoms. The summed E-state index contributed by atoms with van der Waals surface area (Å²) >= 11 is 0. The van der Waals surface area contributed by atoms with Crippen LogP contribution >= 0.6 is 0 Å². The van der Waals surface area contributed by atoms with Crippen LogP contribution in [0, 0.1) is 6.92 Å². The Hall–Kier alpha value is -3.60. The van der Waals surface area contributed by atoms with Crippen molar-refractivity contribution >= 4 is 17.5 Å². The van der Waals surface area contributed by atoms with Crippen LogP contribution < -0.4 is 10.2 Å². The van der Waals surface area contributed by atoms with Crippen molar-refractivity contribution in [3.8, 4) is 0 Å². The molecule has 3 aromatic carbocycles. The lowest BCUT2D eigenvalue weighted by Gasteiger charge is -2.41. The number of rotatable bonds is 6. The number of piperazine rings is 1. The minimum Gasteiger partial charge on any atom is -0.365 e. The fraction of sp³-hybridized carbons (Fsp3) is 0.286. The summed E-state index contributed by atoms with van der Waals surface area (Å²) in [6, 6.07) is 27.2.